The van der Waals surface area contributed by atoms with Crippen molar-refractivity contribution in [2.45, 2.75) is 61.5 Å². The molecule has 0 aromatic heterocycles. The Bertz CT molecular complexity index is 465. The quantitative estimate of drug-likeness (QED) is 0.832. The molecule has 1 aliphatic heterocycles. The smallest absolute Gasteiger partial charge is 0.309 e. The van der Waals surface area contributed by atoms with Gasteiger partial charge in [-0.15, -0.1) is 11.8 Å². The SMILES string of the molecule is O=C(O)C1(CC2Cc3ccccc3S2)CCCCCC1. The van der Waals surface area contributed by atoms with Gasteiger partial charge in [-0.2, -0.15) is 0 Å². The molecule has 1 aromatic carbocycles. The first-order valence-corrected chi connectivity index (χ1v) is 8.56. The van der Waals surface area contributed by atoms with Gasteiger partial charge in [-0.1, -0.05) is 43.9 Å². The minimum atomic E-state index is -0.559. The predicted octanol–water partition coefficient (Wildman–Crippen LogP) is 4.52. The average Bonchev–Trinajstić information content (AvgIpc) is 2.67. The molecule has 1 fully saturated rings. The Kier molecular flexibility index (Phi) is 4.06. The standard InChI is InChI=1S/C17H22O2S/c18-16(19)17(9-5-1-2-6-10-17)12-14-11-13-7-3-4-8-15(13)20-14/h3-4,7-8,14H,1-2,5-6,9-12H2,(H,18,19). The predicted molar refractivity (Wildman–Crippen MR) is 82.2 cm³/mol. The zero-order chi connectivity index (χ0) is 14.0. The number of carbonyl (C=O) groups is 1. The molecule has 0 bridgehead atoms. The van der Waals surface area contributed by atoms with E-state index in [1.165, 1.54) is 23.3 Å². The molecule has 2 nitrogen and oxygen atoms in total. The number of thioether (sulfide) groups is 1. The number of benzene rings is 1. The maximum atomic E-state index is 11.9. The topological polar surface area (TPSA) is 37.3 Å². The van der Waals surface area contributed by atoms with E-state index in [1.807, 2.05) is 11.8 Å². The van der Waals surface area contributed by atoms with Gasteiger partial charge < -0.3 is 5.11 Å². The maximum absolute atomic E-state index is 11.9. The molecular weight excluding hydrogens is 268 g/mol. The van der Waals surface area contributed by atoms with E-state index in [2.05, 4.69) is 24.3 Å². The van der Waals surface area contributed by atoms with Gasteiger partial charge in [0.25, 0.3) is 0 Å². The number of hydrogen-bond donors (Lipinski definition) is 1. The van der Waals surface area contributed by atoms with Crippen LogP contribution in [0, 0.1) is 5.41 Å². The highest BCUT2D eigenvalue weighted by Crippen LogP contribution is 2.46. The summed E-state index contributed by atoms with van der Waals surface area (Å²) in [5, 5.41) is 10.2. The fraction of sp³-hybridized carbons (Fsp3) is 0.588. The van der Waals surface area contributed by atoms with Crippen molar-refractivity contribution in [2.24, 2.45) is 5.41 Å². The third-order valence-electron chi connectivity index (χ3n) is 4.85. The van der Waals surface area contributed by atoms with E-state index in [-0.39, 0.29) is 0 Å². The molecule has 1 heterocycles. The lowest BCUT2D eigenvalue weighted by Gasteiger charge is -2.30. The Balaban J connectivity index is 1.74. The van der Waals surface area contributed by atoms with Crippen molar-refractivity contribution in [1.82, 2.24) is 0 Å². The Hall–Kier alpha value is -0.960. The highest BCUT2D eigenvalue weighted by molar-refractivity contribution is 8.00. The molecule has 0 radical (unpaired) electrons. The average molecular weight is 290 g/mol. The van der Waals surface area contributed by atoms with Crippen LogP contribution >= 0.6 is 11.8 Å². The van der Waals surface area contributed by atoms with E-state index in [0.29, 0.717) is 5.25 Å². The van der Waals surface area contributed by atoms with Gasteiger partial charge in [0.2, 0.25) is 0 Å². The van der Waals surface area contributed by atoms with Crippen LogP contribution in [0.4, 0.5) is 0 Å². The minimum absolute atomic E-state index is 0.446. The lowest BCUT2D eigenvalue weighted by molar-refractivity contribution is -0.150. The molecule has 1 aromatic rings. The van der Waals surface area contributed by atoms with Crippen LogP contribution in [0.1, 0.15) is 50.5 Å². The van der Waals surface area contributed by atoms with Crippen molar-refractivity contribution in [3.8, 4) is 0 Å². The van der Waals surface area contributed by atoms with Crippen molar-refractivity contribution in [3.05, 3.63) is 29.8 Å². The zero-order valence-electron chi connectivity index (χ0n) is 11.8. The zero-order valence-corrected chi connectivity index (χ0v) is 12.6. The third kappa shape index (κ3) is 2.73. The number of fused-ring (bicyclic) bond motifs is 1. The molecule has 0 saturated heterocycles. The fourth-order valence-corrected chi connectivity index (χ4v) is 5.20. The van der Waals surface area contributed by atoms with Crippen molar-refractivity contribution in [3.63, 3.8) is 0 Å². The van der Waals surface area contributed by atoms with E-state index in [1.54, 1.807) is 0 Å². The molecular formula is C17H22O2S. The molecule has 1 unspecified atom stereocenters. The first kappa shape index (κ1) is 14.0. The number of carboxylic acid groups (broad SMARTS) is 1. The van der Waals surface area contributed by atoms with Gasteiger partial charge in [0.1, 0.15) is 0 Å². The number of carboxylic acids is 1. The summed E-state index contributed by atoms with van der Waals surface area (Å²) >= 11 is 1.89. The molecule has 1 aliphatic carbocycles. The number of rotatable bonds is 3. The van der Waals surface area contributed by atoms with Gasteiger partial charge in [-0.05, 0) is 37.3 Å². The largest absolute Gasteiger partial charge is 0.481 e. The first-order chi connectivity index (χ1) is 9.70. The van der Waals surface area contributed by atoms with Crippen LogP contribution in [-0.4, -0.2) is 16.3 Å². The highest BCUT2D eigenvalue weighted by atomic mass is 32.2. The van der Waals surface area contributed by atoms with Crippen LogP contribution in [0.2, 0.25) is 0 Å². The number of aliphatic carboxylic acids is 1. The van der Waals surface area contributed by atoms with E-state index in [9.17, 15) is 9.90 Å². The monoisotopic (exact) mass is 290 g/mol. The molecule has 1 atom stereocenters. The Morgan fingerprint density at radius 3 is 2.55 bits per heavy atom. The lowest BCUT2D eigenvalue weighted by Crippen LogP contribution is -2.33. The molecule has 0 amide bonds. The van der Waals surface area contributed by atoms with Crippen LogP contribution in [0.15, 0.2) is 29.2 Å². The van der Waals surface area contributed by atoms with Crippen LogP contribution in [-0.2, 0) is 11.2 Å². The van der Waals surface area contributed by atoms with Gasteiger partial charge >= 0.3 is 5.97 Å². The lowest BCUT2D eigenvalue weighted by atomic mass is 9.76. The van der Waals surface area contributed by atoms with Crippen LogP contribution < -0.4 is 0 Å². The summed E-state index contributed by atoms with van der Waals surface area (Å²) in [7, 11) is 0. The molecule has 1 saturated carbocycles. The molecule has 2 aliphatic rings. The summed E-state index contributed by atoms with van der Waals surface area (Å²) in [4.78, 5) is 13.2. The van der Waals surface area contributed by atoms with Crippen molar-refractivity contribution >= 4 is 17.7 Å². The second-order valence-corrected chi connectivity index (χ2v) is 7.60. The minimum Gasteiger partial charge on any atom is -0.481 e. The fourth-order valence-electron chi connectivity index (χ4n) is 3.71. The van der Waals surface area contributed by atoms with E-state index >= 15 is 0 Å². The van der Waals surface area contributed by atoms with E-state index in [4.69, 9.17) is 0 Å². The molecule has 108 valence electrons. The van der Waals surface area contributed by atoms with Crippen molar-refractivity contribution < 1.29 is 9.90 Å². The highest BCUT2D eigenvalue weighted by Gasteiger charge is 2.41. The summed E-state index contributed by atoms with van der Waals surface area (Å²) in [5.74, 6) is -0.559. The molecule has 0 spiro atoms. The molecule has 20 heavy (non-hydrogen) atoms. The Morgan fingerprint density at radius 1 is 1.20 bits per heavy atom. The molecule has 3 rings (SSSR count). The molecule has 1 N–H and O–H groups in total. The number of hydrogen-bond acceptors (Lipinski definition) is 2. The van der Waals surface area contributed by atoms with E-state index in [0.717, 1.165) is 38.5 Å². The first-order valence-electron chi connectivity index (χ1n) is 7.68. The van der Waals surface area contributed by atoms with Crippen molar-refractivity contribution in [1.29, 1.82) is 0 Å². The second-order valence-electron chi connectivity index (χ2n) is 6.26. The van der Waals surface area contributed by atoms with Crippen LogP contribution in [0.5, 0.6) is 0 Å². The second kappa shape index (κ2) is 5.80. The molecule has 3 heteroatoms. The Labute approximate surface area is 125 Å². The van der Waals surface area contributed by atoms with Gasteiger partial charge in [0.05, 0.1) is 5.41 Å². The van der Waals surface area contributed by atoms with Crippen LogP contribution in [0.25, 0.3) is 0 Å². The summed E-state index contributed by atoms with van der Waals surface area (Å²) in [6, 6.07) is 8.51. The van der Waals surface area contributed by atoms with Crippen LogP contribution in [0.3, 0.4) is 0 Å². The Morgan fingerprint density at radius 2 is 1.90 bits per heavy atom. The summed E-state index contributed by atoms with van der Waals surface area (Å²) in [5.41, 5.74) is 0.938. The van der Waals surface area contributed by atoms with Gasteiger partial charge in [-0.3, -0.25) is 4.79 Å². The van der Waals surface area contributed by atoms with Crippen molar-refractivity contribution in [2.75, 3.05) is 0 Å². The summed E-state index contributed by atoms with van der Waals surface area (Å²) in [6.45, 7) is 0. The summed E-state index contributed by atoms with van der Waals surface area (Å²) in [6.07, 6.45) is 8.18. The maximum Gasteiger partial charge on any atom is 0.309 e. The normalized spacial score (nSPS) is 24.9. The van der Waals surface area contributed by atoms with Gasteiger partial charge in [-0.25, -0.2) is 0 Å². The van der Waals surface area contributed by atoms with Gasteiger partial charge in [0.15, 0.2) is 0 Å². The van der Waals surface area contributed by atoms with Gasteiger partial charge in [0, 0.05) is 10.1 Å². The van der Waals surface area contributed by atoms with E-state index < -0.39 is 11.4 Å². The summed E-state index contributed by atoms with van der Waals surface area (Å²) < 4.78 is 0. The third-order valence-corrected chi connectivity index (χ3v) is 6.17.